The molecule has 0 aliphatic heterocycles. The van der Waals surface area contributed by atoms with Crippen molar-refractivity contribution in [2.45, 2.75) is 6.92 Å². The van der Waals surface area contributed by atoms with Gasteiger partial charge in [0.1, 0.15) is 0 Å². The average Bonchev–Trinajstić information content (AvgIpc) is 1.87. The lowest BCUT2D eigenvalue weighted by Crippen LogP contribution is -2.22. The van der Waals surface area contributed by atoms with Gasteiger partial charge in [0.05, 0.1) is 0 Å². The van der Waals surface area contributed by atoms with Crippen LogP contribution in [0.25, 0.3) is 0 Å². The summed E-state index contributed by atoms with van der Waals surface area (Å²) in [6.45, 7) is 1.96. The van der Waals surface area contributed by atoms with Crippen molar-refractivity contribution in [2.24, 2.45) is 5.41 Å². The molecule has 0 N–H and O–H groups in total. The highest BCUT2D eigenvalue weighted by molar-refractivity contribution is 6.24. The molecule has 0 heterocycles. The van der Waals surface area contributed by atoms with Crippen LogP contribution >= 0.6 is 34.8 Å². The molecular formula is C5H9Cl3. The summed E-state index contributed by atoms with van der Waals surface area (Å²) >= 11 is 16.6. The van der Waals surface area contributed by atoms with Crippen LogP contribution in [0.1, 0.15) is 6.92 Å². The van der Waals surface area contributed by atoms with Crippen LogP contribution in [0.2, 0.25) is 0 Å². The second-order valence-electron chi connectivity index (χ2n) is 2.21. The molecule has 50 valence electrons. The van der Waals surface area contributed by atoms with Crippen LogP contribution in [0.5, 0.6) is 0 Å². The normalized spacial score (nSPS) is 12.0. The maximum Gasteiger partial charge on any atom is 0.0300 e. The Hall–Kier alpha value is 0.870. The van der Waals surface area contributed by atoms with Gasteiger partial charge in [0.2, 0.25) is 0 Å². The van der Waals surface area contributed by atoms with Crippen molar-refractivity contribution < 1.29 is 0 Å². The van der Waals surface area contributed by atoms with E-state index in [0.29, 0.717) is 17.6 Å². The number of alkyl halides is 3. The van der Waals surface area contributed by atoms with Crippen LogP contribution in [-0.2, 0) is 0 Å². The lowest BCUT2D eigenvalue weighted by atomic mass is 10.00. The highest BCUT2D eigenvalue weighted by Crippen LogP contribution is 2.21. The van der Waals surface area contributed by atoms with Crippen LogP contribution in [0, 0.1) is 5.41 Å². The lowest BCUT2D eigenvalue weighted by molar-refractivity contribution is 0.492. The second kappa shape index (κ2) is 3.81. The molecule has 0 saturated heterocycles. The molecule has 0 aliphatic rings. The first-order valence-corrected chi connectivity index (χ1v) is 3.97. The molecule has 0 nitrogen and oxygen atoms in total. The summed E-state index contributed by atoms with van der Waals surface area (Å²) in [5.74, 6) is 1.58. The molecule has 0 radical (unpaired) electrons. The molecule has 3 heteroatoms. The summed E-state index contributed by atoms with van der Waals surface area (Å²) in [7, 11) is 0. The van der Waals surface area contributed by atoms with Gasteiger partial charge in [0.25, 0.3) is 0 Å². The van der Waals surface area contributed by atoms with Crippen molar-refractivity contribution in [3.8, 4) is 0 Å². The van der Waals surface area contributed by atoms with Crippen molar-refractivity contribution in [3.63, 3.8) is 0 Å². The number of rotatable bonds is 3. The zero-order valence-corrected chi connectivity index (χ0v) is 7.02. The van der Waals surface area contributed by atoms with Crippen LogP contribution < -0.4 is 0 Å². The van der Waals surface area contributed by atoms with E-state index in [4.69, 9.17) is 34.8 Å². The Morgan fingerprint density at radius 1 is 1.00 bits per heavy atom. The Kier molecular flexibility index (Phi) is 4.23. The van der Waals surface area contributed by atoms with E-state index in [1.807, 2.05) is 6.92 Å². The average molecular weight is 175 g/mol. The quantitative estimate of drug-likeness (QED) is 0.579. The summed E-state index contributed by atoms with van der Waals surface area (Å²) in [6, 6.07) is 0. The molecule has 0 unspecified atom stereocenters. The fourth-order valence-electron chi connectivity index (χ4n) is 0.107. The van der Waals surface area contributed by atoms with Crippen molar-refractivity contribution in [3.05, 3.63) is 0 Å². The third kappa shape index (κ3) is 2.43. The molecule has 0 rings (SSSR count). The summed E-state index contributed by atoms with van der Waals surface area (Å²) in [6.07, 6.45) is 0. The Bertz CT molecular complexity index is 50.4. The monoisotopic (exact) mass is 174 g/mol. The van der Waals surface area contributed by atoms with Gasteiger partial charge < -0.3 is 0 Å². The minimum absolute atomic E-state index is 0.0787. The van der Waals surface area contributed by atoms with Gasteiger partial charge in [-0.1, -0.05) is 6.92 Å². The first-order valence-electron chi connectivity index (χ1n) is 2.36. The first kappa shape index (κ1) is 8.87. The minimum Gasteiger partial charge on any atom is -0.126 e. The van der Waals surface area contributed by atoms with Crippen LogP contribution in [-0.4, -0.2) is 17.6 Å². The number of halogens is 3. The molecule has 0 aromatic rings. The summed E-state index contributed by atoms with van der Waals surface area (Å²) < 4.78 is 0. The Morgan fingerprint density at radius 3 is 1.25 bits per heavy atom. The zero-order valence-electron chi connectivity index (χ0n) is 4.76. The molecule has 0 spiro atoms. The number of hydrogen-bond acceptors (Lipinski definition) is 0. The number of hydrogen-bond donors (Lipinski definition) is 0. The Balaban J connectivity index is 3.58. The Morgan fingerprint density at radius 2 is 1.25 bits per heavy atom. The predicted octanol–water partition coefficient (Wildman–Crippen LogP) is 2.71. The third-order valence-corrected chi connectivity index (χ3v) is 2.90. The van der Waals surface area contributed by atoms with E-state index in [1.54, 1.807) is 0 Å². The van der Waals surface area contributed by atoms with Gasteiger partial charge in [0, 0.05) is 23.1 Å². The van der Waals surface area contributed by atoms with Crippen LogP contribution in [0.3, 0.4) is 0 Å². The fraction of sp³-hybridized carbons (Fsp3) is 1.00. The standard InChI is InChI=1S/C5H9Cl3/c1-5(2-6,3-7)4-8/h2-4H2,1H3. The maximum absolute atomic E-state index is 5.54. The summed E-state index contributed by atoms with van der Waals surface area (Å²) in [4.78, 5) is 0. The van der Waals surface area contributed by atoms with Gasteiger partial charge in [-0.05, 0) is 0 Å². The SMILES string of the molecule is CC(CCl)(CCl)CCl. The highest BCUT2D eigenvalue weighted by Gasteiger charge is 2.19. The van der Waals surface area contributed by atoms with E-state index in [2.05, 4.69) is 0 Å². The van der Waals surface area contributed by atoms with Gasteiger partial charge >= 0.3 is 0 Å². The van der Waals surface area contributed by atoms with Crippen molar-refractivity contribution >= 4 is 34.8 Å². The molecule has 0 atom stereocenters. The van der Waals surface area contributed by atoms with Crippen molar-refractivity contribution in [1.29, 1.82) is 0 Å². The van der Waals surface area contributed by atoms with E-state index in [1.165, 1.54) is 0 Å². The smallest absolute Gasteiger partial charge is 0.0300 e. The second-order valence-corrected chi connectivity index (χ2v) is 3.01. The van der Waals surface area contributed by atoms with Gasteiger partial charge in [-0.3, -0.25) is 0 Å². The summed E-state index contributed by atoms with van der Waals surface area (Å²) in [5.41, 5.74) is -0.0787. The highest BCUT2D eigenvalue weighted by atomic mass is 35.5. The van der Waals surface area contributed by atoms with E-state index in [-0.39, 0.29) is 5.41 Å². The Labute approximate surface area is 65.1 Å². The molecule has 0 aromatic carbocycles. The van der Waals surface area contributed by atoms with Crippen LogP contribution in [0.15, 0.2) is 0 Å². The zero-order chi connectivity index (χ0) is 6.62. The van der Waals surface area contributed by atoms with Gasteiger partial charge in [-0.2, -0.15) is 0 Å². The third-order valence-electron chi connectivity index (χ3n) is 0.968. The van der Waals surface area contributed by atoms with E-state index >= 15 is 0 Å². The van der Waals surface area contributed by atoms with Gasteiger partial charge in [-0.25, -0.2) is 0 Å². The van der Waals surface area contributed by atoms with Gasteiger partial charge in [-0.15, -0.1) is 34.8 Å². The van der Waals surface area contributed by atoms with Crippen molar-refractivity contribution in [2.75, 3.05) is 17.6 Å². The van der Waals surface area contributed by atoms with Gasteiger partial charge in [0.15, 0.2) is 0 Å². The molecule has 0 aromatic heterocycles. The molecule has 0 saturated carbocycles. The molecular weight excluding hydrogens is 166 g/mol. The first-order chi connectivity index (χ1) is 3.68. The van der Waals surface area contributed by atoms with Crippen LogP contribution in [0.4, 0.5) is 0 Å². The minimum atomic E-state index is -0.0787. The molecule has 0 amide bonds. The predicted molar refractivity (Wildman–Crippen MR) is 40.3 cm³/mol. The fourth-order valence-corrected chi connectivity index (χ4v) is 0.964. The molecule has 0 bridgehead atoms. The maximum atomic E-state index is 5.54. The lowest BCUT2D eigenvalue weighted by Gasteiger charge is -2.19. The van der Waals surface area contributed by atoms with Crippen molar-refractivity contribution in [1.82, 2.24) is 0 Å². The van der Waals surface area contributed by atoms with E-state index in [9.17, 15) is 0 Å². The van der Waals surface area contributed by atoms with E-state index in [0.717, 1.165) is 0 Å². The topological polar surface area (TPSA) is 0 Å². The molecule has 0 aliphatic carbocycles. The summed E-state index contributed by atoms with van der Waals surface area (Å²) in [5, 5.41) is 0. The largest absolute Gasteiger partial charge is 0.126 e. The van der Waals surface area contributed by atoms with E-state index < -0.39 is 0 Å². The molecule has 0 fully saturated rings. The molecule has 8 heavy (non-hydrogen) atoms.